The molecule has 20 heavy (non-hydrogen) atoms. The molecule has 6 heteroatoms. The molecule has 1 aromatic heterocycles. The number of aromatic nitrogens is 2. The van der Waals surface area contributed by atoms with Crippen molar-refractivity contribution in [2.45, 2.75) is 31.9 Å². The number of hydrogen-bond acceptors (Lipinski definition) is 5. The maximum Gasteiger partial charge on any atom is 0.243 e. The van der Waals surface area contributed by atoms with Gasteiger partial charge in [0.1, 0.15) is 0 Å². The Kier molecular flexibility index (Phi) is 3.92. The molecule has 1 aliphatic heterocycles. The van der Waals surface area contributed by atoms with Gasteiger partial charge in [0.25, 0.3) is 0 Å². The van der Waals surface area contributed by atoms with E-state index in [0.717, 1.165) is 19.4 Å². The van der Waals surface area contributed by atoms with Crippen LogP contribution in [0.4, 0.5) is 4.39 Å². The third kappa shape index (κ3) is 2.96. The zero-order valence-electron chi connectivity index (χ0n) is 11.0. The minimum absolute atomic E-state index is 0.0944. The molecule has 0 amide bonds. The van der Waals surface area contributed by atoms with Crippen molar-refractivity contribution in [3.8, 4) is 5.75 Å². The van der Waals surface area contributed by atoms with Gasteiger partial charge in [-0.05, 0) is 31.5 Å². The van der Waals surface area contributed by atoms with E-state index in [4.69, 9.17) is 9.26 Å². The zero-order chi connectivity index (χ0) is 13.8. The van der Waals surface area contributed by atoms with Crippen LogP contribution in [-0.2, 0) is 6.61 Å². The fraction of sp³-hybridized carbons (Fsp3) is 0.429. The van der Waals surface area contributed by atoms with E-state index in [2.05, 4.69) is 15.5 Å². The summed E-state index contributed by atoms with van der Waals surface area (Å²) in [6, 6.07) is 6.37. The van der Waals surface area contributed by atoms with Gasteiger partial charge in [-0.1, -0.05) is 23.7 Å². The Morgan fingerprint density at radius 1 is 1.35 bits per heavy atom. The monoisotopic (exact) mass is 277 g/mol. The summed E-state index contributed by atoms with van der Waals surface area (Å²) in [5, 5.41) is 7.20. The summed E-state index contributed by atoms with van der Waals surface area (Å²) in [5.41, 5.74) is 0. The van der Waals surface area contributed by atoms with Gasteiger partial charge in [0, 0.05) is 0 Å². The van der Waals surface area contributed by atoms with Crippen LogP contribution in [0.5, 0.6) is 5.75 Å². The van der Waals surface area contributed by atoms with E-state index in [1.807, 2.05) is 0 Å². The summed E-state index contributed by atoms with van der Waals surface area (Å²) < 4.78 is 24.0. The summed E-state index contributed by atoms with van der Waals surface area (Å²) in [4.78, 5) is 4.29. The Morgan fingerprint density at radius 2 is 2.25 bits per heavy atom. The van der Waals surface area contributed by atoms with E-state index in [0.29, 0.717) is 11.7 Å². The number of ether oxygens (including phenoxy) is 1. The highest BCUT2D eigenvalue weighted by atomic mass is 19.1. The Bertz CT molecular complexity index is 567. The fourth-order valence-corrected chi connectivity index (χ4v) is 2.23. The quantitative estimate of drug-likeness (QED) is 0.930. The summed E-state index contributed by atoms with van der Waals surface area (Å²) in [6.07, 6.45) is 3.32. The maximum atomic E-state index is 13.4. The zero-order valence-corrected chi connectivity index (χ0v) is 11.0. The smallest absolute Gasteiger partial charge is 0.243 e. The van der Waals surface area contributed by atoms with Gasteiger partial charge in [0.15, 0.2) is 18.2 Å². The average molecular weight is 277 g/mol. The number of benzene rings is 1. The lowest BCUT2D eigenvalue weighted by atomic mass is 10.1. The molecule has 1 aliphatic rings. The molecule has 1 atom stereocenters. The van der Waals surface area contributed by atoms with Gasteiger partial charge in [0.05, 0.1) is 6.04 Å². The molecule has 0 saturated carbocycles. The van der Waals surface area contributed by atoms with E-state index in [1.165, 1.54) is 12.5 Å². The molecule has 1 fully saturated rings. The molecule has 0 radical (unpaired) electrons. The molecule has 5 nitrogen and oxygen atoms in total. The van der Waals surface area contributed by atoms with Crippen LogP contribution in [0.1, 0.15) is 37.0 Å². The third-order valence-corrected chi connectivity index (χ3v) is 3.29. The highest BCUT2D eigenvalue weighted by Crippen LogP contribution is 2.22. The molecule has 3 rings (SSSR count). The second kappa shape index (κ2) is 6.00. The van der Waals surface area contributed by atoms with E-state index in [9.17, 15) is 4.39 Å². The average Bonchev–Trinajstić information content (AvgIpc) is 2.96. The largest absolute Gasteiger partial charge is 0.482 e. The van der Waals surface area contributed by atoms with Crippen molar-refractivity contribution in [1.29, 1.82) is 0 Å². The van der Waals surface area contributed by atoms with Gasteiger partial charge < -0.3 is 14.6 Å². The van der Waals surface area contributed by atoms with E-state index in [-0.39, 0.29) is 18.4 Å². The predicted octanol–water partition coefficient (Wildman–Crippen LogP) is 2.60. The number of rotatable bonds is 4. The van der Waals surface area contributed by atoms with Crippen molar-refractivity contribution in [3.63, 3.8) is 0 Å². The van der Waals surface area contributed by atoms with Crippen molar-refractivity contribution in [2.24, 2.45) is 0 Å². The molecule has 0 spiro atoms. The summed E-state index contributed by atoms with van der Waals surface area (Å²) in [5.74, 6) is 0.798. The lowest BCUT2D eigenvalue weighted by Gasteiger charge is -2.19. The number of piperidine rings is 1. The first-order valence-corrected chi connectivity index (χ1v) is 6.76. The number of halogens is 1. The Morgan fingerprint density at radius 3 is 3.05 bits per heavy atom. The van der Waals surface area contributed by atoms with Crippen LogP contribution in [0.2, 0.25) is 0 Å². The first kappa shape index (κ1) is 13.1. The van der Waals surface area contributed by atoms with Gasteiger partial charge in [0.2, 0.25) is 11.7 Å². The highest BCUT2D eigenvalue weighted by Gasteiger charge is 2.21. The molecule has 0 aliphatic carbocycles. The van der Waals surface area contributed by atoms with Crippen LogP contribution in [0.3, 0.4) is 0 Å². The first-order chi connectivity index (χ1) is 9.83. The van der Waals surface area contributed by atoms with E-state index < -0.39 is 5.82 Å². The number of hydrogen-bond donors (Lipinski definition) is 1. The molecule has 2 aromatic rings. The Balaban J connectivity index is 1.61. The van der Waals surface area contributed by atoms with Crippen molar-refractivity contribution in [2.75, 3.05) is 6.54 Å². The van der Waals surface area contributed by atoms with Crippen LogP contribution >= 0.6 is 0 Å². The van der Waals surface area contributed by atoms with Crippen LogP contribution in [0, 0.1) is 5.82 Å². The summed E-state index contributed by atoms with van der Waals surface area (Å²) >= 11 is 0. The van der Waals surface area contributed by atoms with Crippen molar-refractivity contribution >= 4 is 0 Å². The molecular formula is C14H16FN3O2. The number of nitrogens with zero attached hydrogens (tertiary/aromatic N) is 2. The molecule has 1 aromatic carbocycles. The number of para-hydroxylation sites is 1. The van der Waals surface area contributed by atoms with Crippen LogP contribution < -0.4 is 10.1 Å². The summed E-state index contributed by atoms with van der Waals surface area (Å²) in [6.45, 7) is 1.06. The SMILES string of the molecule is Fc1ccccc1OCc1noc(C2CCCCN2)n1. The molecular weight excluding hydrogens is 261 g/mol. The van der Waals surface area contributed by atoms with Crippen LogP contribution in [0.25, 0.3) is 0 Å². The Hall–Kier alpha value is -1.95. The van der Waals surface area contributed by atoms with Crippen molar-refractivity contribution in [3.05, 3.63) is 41.8 Å². The second-order valence-corrected chi connectivity index (χ2v) is 4.77. The maximum absolute atomic E-state index is 13.4. The van der Waals surface area contributed by atoms with Gasteiger partial charge in [-0.3, -0.25) is 0 Å². The minimum atomic E-state index is -0.398. The van der Waals surface area contributed by atoms with Crippen molar-refractivity contribution in [1.82, 2.24) is 15.5 Å². The Labute approximate surface area is 116 Å². The van der Waals surface area contributed by atoms with E-state index in [1.54, 1.807) is 18.2 Å². The standard InChI is InChI=1S/C14H16FN3O2/c15-10-5-1-2-7-12(10)19-9-13-17-14(20-18-13)11-6-3-4-8-16-11/h1-2,5,7,11,16H,3-4,6,8-9H2. The lowest BCUT2D eigenvalue weighted by Crippen LogP contribution is -2.27. The second-order valence-electron chi connectivity index (χ2n) is 4.77. The number of nitrogens with one attached hydrogen (secondary N) is 1. The normalized spacial score (nSPS) is 18.9. The molecule has 1 N–H and O–H groups in total. The predicted molar refractivity (Wildman–Crippen MR) is 69.6 cm³/mol. The van der Waals surface area contributed by atoms with Crippen molar-refractivity contribution < 1.29 is 13.7 Å². The van der Waals surface area contributed by atoms with Gasteiger partial charge >= 0.3 is 0 Å². The van der Waals surface area contributed by atoms with Crippen LogP contribution in [-0.4, -0.2) is 16.7 Å². The van der Waals surface area contributed by atoms with Gasteiger partial charge in [-0.25, -0.2) is 4.39 Å². The van der Waals surface area contributed by atoms with Gasteiger partial charge in [-0.15, -0.1) is 0 Å². The minimum Gasteiger partial charge on any atom is -0.482 e. The molecule has 0 bridgehead atoms. The van der Waals surface area contributed by atoms with Crippen LogP contribution in [0.15, 0.2) is 28.8 Å². The summed E-state index contributed by atoms with van der Waals surface area (Å²) in [7, 11) is 0. The van der Waals surface area contributed by atoms with Gasteiger partial charge in [-0.2, -0.15) is 4.98 Å². The molecule has 106 valence electrons. The third-order valence-electron chi connectivity index (χ3n) is 3.29. The molecule has 2 heterocycles. The molecule has 1 saturated heterocycles. The first-order valence-electron chi connectivity index (χ1n) is 6.76. The highest BCUT2D eigenvalue weighted by molar-refractivity contribution is 5.23. The van der Waals surface area contributed by atoms with E-state index >= 15 is 0 Å². The fourth-order valence-electron chi connectivity index (χ4n) is 2.23. The topological polar surface area (TPSA) is 60.2 Å². The lowest BCUT2D eigenvalue weighted by molar-refractivity contribution is 0.267. The molecule has 1 unspecified atom stereocenters.